The van der Waals surface area contributed by atoms with Gasteiger partial charge in [0.05, 0.1) is 12.2 Å². The van der Waals surface area contributed by atoms with Gasteiger partial charge in [0, 0.05) is 24.5 Å². The van der Waals surface area contributed by atoms with Gasteiger partial charge in [0.15, 0.2) is 0 Å². The number of hydrogen-bond acceptors (Lipinski definition) is 6. The van der Waals surface area contributed by atoms with Gasteiger partial charge in [0.25, 0.3) is 0 Å². The van der Waals surface area contributed by atoms with Gasteiger partial charge in [-0.3, -0.25) is 14.6 Å². The molecule has 27 heavy (non-hydrogen) atoms. The van der Waals surface area contributed by atoms with Crippen molar-refractivity contribution in [3.63, 3.8) is 0 Å². The molecule has 6 nitrogen and oxygen atoms in total. The van der Waals surface area contributed by atoms with Crippen LogP contribution in [0.2, 0.25) is 0 Å². The Morgan fingerprint density at radius 3 is 2.93 bits per heavy atom. The second-order valence-electron chi connectivity index (χ2n) is 7.00. The quantitative estimate of drug-likeness (QED) is 0.748. The van der Waals surface area contributed by atoms with Gasteiger partial charge in [-0.15, -0.1) is 11.3 Å². The first-order valence-corrected chi connectivity index (χ1v) is 10.2. The molecule has 2 aromatic rings. The van der Waals surface area contributed by atoms with Crippen molar-refractivity contribution in [3.8, 4) is 5.75 Å². The molecule has 146 valence electrons. The van der Waals surface area contributed by atoms with Crippen molar-refractivity contribution >= 4 is 17.3 Å². The summed E-state index contributed by atoms with van der Waals surface area (Å²) in [4.78, 5) is 20.0. The molecule has 1 atom stereocenters. The average Bonchev–Trinajstić information content (AvgIpc) is 2.96. The molecule has 0 radical (unpaired) electrons. The lowest BCUT2D eigenvalue weighted by atomic mass is 10.1. The Balaban J connectivity index is 1.46. The maximum absolute atomic E-state index is 10.9. The smallest absolute Gasteiger partial charge is 0.317 e. The highest BCUT2D eigenvalue weighted by Crippen LogP contribution is 2.19. The van der Waals surface area contributed by atoms with Crippen LogP contribution in [0.1, 0.15) is 30.0 Å². The normalized spacial score (nSPS) is 18.4. The third kappa shape index (κ3) is 6.30. The maximum atomic E-state index is 10.9. The van der Waals surface area contributed by atoms with Gasteiger partial charge in [-0.05, 0) is 45.0 Å². The number of likely N-dealkylation sites (tertiary alicyclic amines) is 1. The summed E-state index contributed by atoms with van der Waals surface area (Å²) >= 11 is 1.64. The average molecular weight is 390 g/mol. The molecular formula is C20H27N3O3S. The Bertz CT molecular complexity index is 722. The predicted molar refractivity (Wildman–Crippen MR) is 106 cm³/mol. The summed E-state index contributed by atoms with van der Waals surface area (Å²) in [5.74, 6) is 0.101. The van der Waals surface area contributed by atoms with Crippen molar-refractivity contribution in [2.24, 2.45) is 0 Å². The van der Waals surface area contributed by atoms with E-state index in [1.165, 1.54) is 0 Å². The number of carbonyl (C=O) groups is 1. The second-order valence-corrected chi connectivity index (χ2v) is 7.95. The molecule has 0 bridgehead atoms. The Morgan fingerprint density at radius 1 is 1.33 bits per heavy atom. The molecule has 1 N–H and O–H groups in total. The Morgan fingerprint density at radius 2 is 2.15 bits per heavy atom. The number of thiazole rings is 1. The van der Waals surface area contributed by atoms with Gasteiger partial charge in [0.1, 0.15) is 17.4 Å². The number of rotatable bonds is 8. The minimum absolute atomic E-state index is 0.113. The fourth-order valence-electron chi connectivity index (χ4n) is 3.46. The molecule has 1 aromatic carbocycles. The van der Waals surface area contributed by atoms with Crippen LogP contribution < -0.4 is 4.74 Å². The summed E-state index contributed by atoms with van der Waals surface area (Å²) in [5.41, 5.74) is 1.09. The SMILES string of the molecule is CN(CC(=O)O)C1CCCN(Cc2csc(COc3ccccc3)n2)CC1. The molecule has 1 aliphatic heterocycles. The minimum atomic E-state index is -0.758. The lowest BCUT2D eigenvalue weighted by molar-refractivity contribution is -0.138. The zero-order valence-electron chi connectivity index (χ0n) is 15.7. The van der Waals surface area contributed by atoms with Crippen molar-refractivity contribution in [2.75, 3.05) is 26.7 Å². The number of aliphatic carboxylic acids is 1. The van der Waals surface area contributed by atoms with Crippen LogP contribution in [-0.4, -0.2) is 58.6 Å². The number of para-hydroxylation sites is 1. The van der Waals surface area contributed by atoms with Gasteiger partial charge >= 0.3 is 5.97 Å². The highest BCUT2D eigenvalue weighted by Gasteiger charge is 2.22. The van der Waals surface area contributed by atoms with E-state index in [9.17, 15) is 4.79 Å². The first-order chi connectivity index (χ1) is 13.1. The van der Waals surface area contributed by atoms with Crippen LogP contribution in [0.4, 0.5) is 0 Å². The molecule has 2 heterocycles. The Labute approximate surface area is 164 Å². The molecule has 7 heteroatoms. The van der Waals surface area contributed by atoms with Crippen molar-refractivity contribution in [1.82, 2.24) is 14.8 Å². The fourth-order valence-corrected chi connectivity index (χ4v) is 4.15. The summed E-state index contributed by atoms with van der Waals surface area (Å²) in [6.07, 6.45) is 3.13. The molecule has 1 aromatic heterocycles. The Hall–Kier alpha value is -1.96. The molecule has 0 amide bonds. The van der Waals surface area contributed by atoms with Gasteiger partial charge in [-0.1, -0.05) is 18.2 Å². The van der Waals surface area contributed by atoms with Crippen LogP contribution in [0.25, 0.3) is 0 Å². The van der Waals surface area contributed by atoms with E-state index in [0.717, 1.165) is 55.3 Å². The number of ether oxygens (including phenoxy) is 1. The number of nitrogens with zero attached hydrogens (tertiary/aromatic N) is 3. The summed E-state index contributed by atoms with van der Waals surface area (Å²) in [5, 5.41) is 12.1. The lowest BCUT2D eigenvalue weighted by Crippen LogP contribution is -2.36. The van der Waals surface area contributed by atoms with Gasteiger partial charge < -0.3 is 9.84 Å². The molecule has 1 unspecified atom stereocenters. The largest absolute Gasteiger partial charge is 0.486 e. The highest BCUT2D eigenvalue weighted by molar-refractivity contribution is 7.09. The van der Waals surface area contributed by atoms with E-state index >= 15 is 0 Å². The standard InChI is InChI=1S/C20H27N3O3S/c1-22(13-20(24)25)17-6-5-10-23(11-9-17)12-16-15-27-19(21-16)14-26-18-7-3-2-4-8-18/h2-4,7-8,15,17H,5-6,9-14H2,1H3,(H,24,25). The topological polar surface area (TPSA) is 65.9 Å². The molecule has 1 fully saturated rings. The van der Waals surface area contributed by atoms with E-state index in [-0.39, 0.29) is 6.54 Å². The van der Waals surface area contributed by atoms with Crippen molar-refractivity contribution in [1.29, 1.82) is 0 Å². The summed E-state index contributed by atoms with van der Waals surface area (Å²) in [6, 6.07) is 10.1. The summed E-state index contributed by atoms with van der Waals surface area (Å²) in [6.45, 7) is 3.46. The van der Waals surface area contributed by atoms with Crippen LogP contribution in [-0.2, 0) is 17.9 Å². The summed E-state index contributed by atoms with van der Waals surface area (Å²) < 4.78 is 5.77. The van der Waals surface area contributed by atoms with Crippen molar-refractivity contribution < 1.29 is 14.6 Å². The number of aromatic nitrogens is 1. The molecule has 1 saturated heterocycles. The van der Waals surface area contributed by atoms with E-state index in [0.29, 0.717) is 12.6 Å². The van der Waals surface area contributed by atoms with Crippen LogP contribution >= 0.6 is 11.3 Å². The molecule has 1 aliphatic rings. The van der Waals surface area contributed by atoms with Crippen molar-refractivity contribution in [2.45, 2.75) is 38.5 Å². The van der Waals surface area contributed by atoms with Crippen LogP contribution in [0, 0.1) is 0 Å². The summed E-state index contributed by atoms with van der Waals surface area (Å²) in [7, 11) is 1.91. The van der Waals surface area contributed by atoms with E-state index in [1.54, 1.807) is 11.3 Å². The molecular weight excluding hydrogens is 362 g/mol. The Kier molecular flexibility index (Phi) is 7.20. The van der Waals surface area contributed by atoms with Gasteiger partial charge in [0.2, 0.25) is 0 Å². The number of benzene rings is 1. The molecule has 0 spiro atoms. The fraction of sp³-hybridized carbons (Fsp3) is 0.500. The highest BCUT2D eigenvalue weighted by atomic mass is 32.1. The third-order valence-electron chi connectivity index (χ3n) is 4.89. The monoisotopic (exact) mass is 389 g/mol. The number of likely N-dealkylation sites (N-methyl/N-ethyl adjacent to an activating group) is 1. The van der Waals surface area contributed by atoms with E-state index in [4.69, 9.17) is 14.8 Å². The molecule has 3 rings (SSSR count). The van der Waals surface area contributed by atoms with Gasteiger partial charge in [-0.2, -0.15) is 0 Å². The molecule has 0 aliphatic carbocycles. The first kappa shape index (κ1) is 19.8. The van der Waals surface area contributed by atoms with Crippen LogP contribution in [0.15, 0.2) is 35.7 Å². The number of carboxylic acids is 1. The zero-order valence-corrected chi connectivity index (χ0v) is 16.5. The van der Waals surface area contributed by atoms with E-state index in [2.05, 4.69) is 10.3 Å². The number of carboxylic acid groups (broad SMARTS) is 1. The lowest BCUT2D eigenvalue weighted by Gasteiger charge is -2.25. The third-order valence-corrected chi connectivity index (χ3v) is 5.76. The zero-order chi connectivity index (χ0) is 19.1. The maximum Gasteiger partial charge on any atom is 0.317 e. The van der Waals surface area contributed by atoms with Gasteiger partial charge in [-0.25, -0.2) is 4.98 Å². The second kappa shape index (κ2) is 9.82. The number of hydrogen-bond donors (Lipinski definition) is 1. The van der Waals surface area contributed by atoms with Crippen LogP contribution in [0.5, 0.6) is 5.75 Å². The molecule has 0 saturated carbocycles. The van der Waals surface area contributed by atoms with E-state index in [1.807, 2.05) is 42.3 Å². The predicted octanol–water partition coefficient (Wildman–Crippen LogP) is 3.09. The first-order valence-electron chi connectivity index (χ1n) is 9.35. The van der Waals surface area contributed by atoms with Crippen molar-refractivity contribution in [3.05, 3.63) is 46.4 Å². The van der Waals surface area contributed by atoms with E-state index < -0.39 is 5.97 Å². The minimum Gasteiger partial charge on any atom is -0.486 e. The van der Waals surface area contributed by atoms with Crippen LogP contribution in [0.3, 0.4) is 0 Å².